The third kappa shape index (κ3) is 3.84. The van der Waals surface area contributed by atoms with E-state index in [1.165, 1.54) is 12.3 Å². The Labute approximate surface area is 173 Å². The minimum absolute atomic E-state index is 0.349. The van der Waals surface area contributed by atoms with Crippen molar-refractivity contribution in [2.24, 2.45) is 0 Å². The van der Waals surface area contributed by atoms with Gasteiger partial charge in [-0.1, -0.05) is 0 Å². The van der Waals surface area contributed by atoms with Gasteiger partial charge in [0.25, 0.3) is 5.91 Å². The van der Waals surface area contributed by atoms with E-state index in [4.69, 9.17) is 9.57 Å². The van der Waals surface area contributed by atoms with E-state index in [0.717, 1.165) is 37.6 Å². The molecule has 3 heterocycles. The maximum atomic E-state index is 12.9. The molecule has 1 fully saturated rings. The van der Waals surface area contributed by atoms with Gasteiger partial charge in [-0.25, -0.2) is 9.97 Å². The van der Waals surface area contributed by atoms with Crippen LogP contribution in [-0.4, -0.2) is 67.7 Å². The fourth-order valence-corrected chi connectivity index (χ4v) is 3.56. The lowest BCUT2D eigenvalue weighted by Crippen LogP contribution is -2.43. The summed E-state index contributed by atoms with van der Waals surface area (Å²) in [6.45, 7) is 4.37. The van der Waals surface area contributed by atoms with Crippen LogP contribution in [0, 0.1) is 0 Å². The summed E-state index contributed by atoms with van der Waals surface area (Å²) in [7, 11) is 3.25. The van der Waals surface area contributed by atoms with Gasteiger partial charge in [0.1, 0.15) is 17.3 Å². The van der Waals surface area contributed by atoms with E-state index in [0.29, 0.717) is 35.8 Å². The van der Waals surface area contributed by atoms with Crippen molar-refractivity contribution in [1.29, 1.82) is 0 Å². The molecule has 0 spiro atoms. The SMILES string of the molecule is COc1cc2c(cc1C(=O)Nc1cnc(N3CCNCC3)cn1)CN(C)N2OC=O. The third-order valence-electron chi connectivity index (χ3n) is 5.02. The van der Waals surface area contributed by atoms with Gasteiger partial charge < -0.3 is 25.1 Å². The van der Waals surface area contributed by atoms with E-state index in [2.05, 4.69) is 25.5 Å². The number of piperazine rings is 1. The Kier molecular flexibility index (Phi) is 5.63. The van der Waals surface area contributed by atoms with E-state index in [-0.39, 0.29) is 5.91 Å². The van der Waals surface area contributed by atoms with Crippen LogP contribution >= 0.6 is 0 Å². The zero-order valence-electron chi connectivity index (χ0n) is 16.8. The maximum absolute atomic E-state index is 12.9. The summed E-state index contributed by atoms with van der Waals surface area (Å²) in [4.78, 5) is 39.5. The van der Waals surface area contributed by atoms with Crippen molar-refractivity contribution in [2.75, 3.05) is 55.7 Å². The molecule has 2 aromatic rings. The molecular weight excluding hydrogens is 390 g/mol. The molecule has 0 atom stereocenters. The minimum atomic E-state index is -0.365. The number of rotatable bonds is 6. The molecule has 1 saturated heterocycles. The summed E-state index contributed by atoms with van der Waals surface area (Å²) in [5, 5.41) is 9.12. The average molecular weight is 413 g/mol. The molecule has 158 valence electrons. The van der Waals surface area contributed by atoms with Gasteiger partial charge in [0, 0.05) is 45.8 Å². The first-order valence-electron chi connectivity index (χ1n) is 9.52. The van der Waals surface area contributed by atoms with E-state index in [9.17, 15) is 9.59 Å². The predicted octanol–water partition coefficient (Wildman–Crippen LogP) is 0.402. The summed E-state index contributed by atoms with van der Waals surface area (Å²) in [6.07, 6.45) is 3.20. The number of nitrogens with zero attached hydrogens (tertiary/aromatic N) is 5. The molecule has 0 saturated carbocycles. The monoisotopic (exact) mass is 413 g/mol. The highest BCUT2D eigenvalue weighted by Crippen LogP contribution is 2.36. The van der Waals surface area contributed by atoms with Crippen LogP contribution in [0.2, 0.25) is 0 Å². The number of anilines is 3. The Morgan fingerprint density at radius 2 is 2.03 bits per heavy atom. The fourth-order valence-electron chi connectivity index (χ4n) is 3.56. The molecule has 0 bridgehead atoms. The molecule has 0 aliphatic carbocycles. The molecule has 2 N–H and O–H groups in total. The van der Waals surface area contributed by atoms with Crippen molar-refractivity contribution >= 4 is 29.7 Å². The van der Waals surface area contributed by atoms with E-state index < -0.39 is 0 Å². The number of hydrogen-bond donors (Lipinski definition) is 2. The lowest BCUT2D eigenvalue weighted by Gasteiger charge is -2.28. The molecule has 1 amide bonds. The fraction of sp³-hybridized carbons (Fsp3) is 0.368. The number of amides is 1. The molecule has 11 heteroatoms. The van der Waals surface area contributed by atoms with Gasteiger partial charge in [-0.2, -0.15) is 5.01 Å². The number of hydrazine groups is 1. The van der Waals surface area contributed by atoms with E-state index in [1.54, 1.807) is 36.6 Å². The van der Waals surface area contributed by atoms with Crippen molar-refractivity contribution in [3.63, 3.8) is 0 Å². The summed E-state index contributed by atoms with van der Waals surface area (Å²) >= 11 is 0. The van der Waals surface area contributed by atoms with Crippen LogP contribution in [0.5, 0.6) is 5.75 Å². The van der Waals surface area contributed by atoms with Crippen molar-refractivity contribution in [1.82, 2.24) is 20.3 Å². The van der Waals surface area contributed by atoms with Crippen molar-refractivity contribution in [3.05, 3.63) is 35.7 Å². The van der Waals surface area contributed by atoms with Gasteiger partial charge in [0.15, 0.2) is 5.82 Å². The summed E-state index contributed by atoms with van der Waals surface area (Å²) in [6, 6.07) is 3.38. The van der Waals surface area contributed by atoms with E-state index >= 15 is 0 Å². The minimum Gasteiger partial charge on any atom is -0.496 e. The maximum Gasteiger partial charge on any atom is 0.322 e. The normalized spacial score (nSPS) is 16.2. The van der Waals surface area contributed by atoms with Crippen LogP contribution < -0.4 is 25.4 Å². The van der Waals surface area contributed by atoms with Gasteiger partial charge in [0.05, 0.1) is 25.1 Å². The Morgan fingerprint density at radius 1 is 1.23 bits per heavy atom. The topological polar surface area (TPSA) is 112 Å². The summed E-state index contributed by atoms with van der Waals surface area (Å²) in [5.74, 6) is 1.12. The molecule has 1 aromatic carbocycles. The Hall–Kier alpha value is -3.44. The molecule has 4 rings (SSSR count). The third-order valence-corrected chi connectivity index (χ3v) is 5.02. The van der Waals surface area contributed by atoms with Crippen LogP contribution in [-0.2, 0) is 16.2 Å². The Morgan fingerprint density at radius 3 is 2.70 bits per heavy atom. The number of nitrogens with one attached hydrogen (secondary N) is 2. The van der Waals surface area contributed by atoms with Crippen LogP contribution in [0.15, 0.2) is 24.5 Å². The lowest BCUT2D eigenvalue weighted by molar-refractivity contribution is -0.135. The van der Waals surface area contributed by atoms with Crippen molar-refractivity contribution in [2.45, 2.75) is 6.54 Å². The van der Waals surface area contributed by atoms with Crippen LogP contribution in [0.1, 0.15) is 15.9 Å². The molecule has 2 aliphatic rings. The highest BCUT2D eigenvalue weighted by atomic mass is 16.7. The van der Waals surface area contributed by atoms with Gasteiger partial charge in [0.2, 0.25) is 0 Å². The molecule has 0 unspecified atom stereocenters. The largest absolute Gasteiger partial charge is 0.496 e. The van der Waals surface area contributed by atoms with Crippen LogP contribution in [0.25, 0.3) is 0 Å². The average Bonchev–Trinajstić information content (AvgIpc) is 3.08. The van der Waals surface area contributed by atoms with E-state index in [1.807, 2.05) is 0 Å². The molecular formula is C19H23N7O4. The van der Waals surface area contributed by atoms with Crippen LogP contribution in [0.4, 0.5) is 17.3 Å². The first-order chi connectivity index (χ1) is 14.6. The predicted molar refractivity (Wildman–Crippen MR) is 109 cm³/mol. The first-order valence-corrected chi connectivity index (χ1v) is 9.52. The zero-order valence-corrected chi connectivity index (χ0v) is 16.8. The van der Waals surface area contributed by atoms with Crippen LogP contribution in [0.3, 0.4) is 0 Å². The van der Waals surface area contributed by atoms with Crippen molar-refractivity contribution in [3.8, 4) is 5.75 Å². The second-order valence-corrected chi connectivity index (χ2v) is 6.92. The molecule has 11 nitrogen and oxygen atoms in total. The second-order valence-electron chi connectivity index (χ2n) is 6.92. The number of methoxy groups -OCH3 is 1. The lowest BCUT2D eigenvalue weighted by atomic mass is 10.1. The zero-order chi connectivity index (χ0) is 21.1. The molecule has 2 aliphatic heterocycles. The highest BCUT2D eigenvalue weighted by molar-refractivity contribution is 6.06. The summed E-state index contributed by atoms with van der Waals surface area (Å²) in [5.41, 5.74) is 1.81. The molecule has 1 aromatic heterocycles. The van der Waals surface area contributed by atoms with Gasteiger partial charge in [-0.15, -0.1) is 5.17 Å². The highest BCUT2D eigenvalue weighted by Gasteiger charge is 2.29. The number of hydrogen-bond acceptors (Lipinski definition) is 10. The second kappa shape index (κ2) is 8.51. The number of ether oxygens (including phenoxy) is 1. The standard InChI is InChI=1S/C19H23N7O4/c1-24-11-13-7-14(16(29-2)8-15(13)26(24)30-12-27)19(28)23-17-9-22-18(10-21-17)25-5-3-20-4-6-25/h7-10,12,20H,3-6,11H2,1-2H3,(H,21,23,28). The Balaban J connectivity index is 1.52. The number of benzene rings is 1. The van der Waals surface area contributed by atoms with Gasteiger partial charge in [-0.3, -0.25) is 9.59 Å². The molecule has 0 radical (unpaired) electrons. The number of carbonyl (C=O) groups is 2. The number of carbonyl (C=O) groups excluding carboxylic acids is 2. The van der Waals surface area contributed by atoms with Crippen molar-refractivity contribution < 1.29 is 19.2 Å². The smallest absolute Gasteiger partial charge is 0.322 e. The number of fused-ring (bicyclic) bond motifs is 1. The quantitative estimate of drug-likeness (QED) is 0.646. The molecule has 30 heavy (non-hydrogen) atoms. The summed E-state index contributed by atoms with van der Waals surface area (Å²) < 4.78 is 5.39. The number of aromatic nitrogens is 2. The van der Waals surface area contributed by atoms with Gasteiger partial charge >= 0.3 is 6.47 Å². The van der Waals surface area contributed by atoms with Gasteiger partial charge in [-0.05, 0) is 11.6 Å². The first kappa shape index (κ1) is 19.9. The Bertz CT molecular complexity index is 931.